The van der Waals surface area contributed by atoms with Crippen LogP contribution < -0.4 is 5.73 Å². The van der Waals surface area contributed by atoms with Crippen molar-refractivity contribution in [3.8, 4) is 0 Å². The van der Waals surface area contributed by atoms with Gasteiger partial charge in [0.1, 0.15) is 5.82 Å². The van der Waals surface area contributed by atoms with E-state index in [1.54, 1.807) is 25.1 Å². The van der Waals surface area contributed by atoms with Gasteiger partial charge in [0, 0.05) is 21.3 Å². The third-order valence-electron chi connectivity index (χ3n) is 2.68. The molecule has 2 aromatic rings. The molecule has 0 bridgehead atoms. The predicted octanol–water partition coefficient (Wildman–Crippen LogP) is 3.71. The van der Waals surface area contributed by atoms with E-state index >= 15 is 0 Å². The van der Waals surface area contributed by atoms with Crippen LogP contribution in [0.15, 0.2) is 40.9 Å². The highest BCUT2D eigenvalue weighted by molar-refractivity contribution is 9.10. The van der Waals surface area contributed by atoms with Crippen LogP contribution >= 0.6 is 15.9 Å². The fourth-order valence-corrected chi connectivity index (χ4v) is 1.88. The average Bonchev–Trinajstić information content (AvgIpc) is 2.35. The normalized spacial score (nSPS) is 10.4. The van der Waals surface area contributed by atoms with Gasteiger partial charge in [-0.1, -0.05) is 0 Å². The Labute approximate surface area is 113 Å². The van der Waals surface area contributed by atoms with Gasteiger partial charge in [0.25, 0.3) is 0 Å². The van der Waals surface area contributed by atoms with Crippen LogP contribution in [0.4, 0.5) is 10.1 Å². The van der Waals surface area contributed by atoms with E-state index in [4.69, 9.17) is 5.73 Å². The highest BCUT2D eigenvalue weighted by Gasteiger charge is 2.11. The molecule has 0 radical (unpaired) electrons. The molecule has 0 spiro atoms. The van der Waals surface area contributed by atoms with Crippen LogP contribution in [0.1, 0.15) is 21.5 Å². The predicted molar refractivity (Wildman–Crippen MR) is 73.1 cm³/mol. The van der Waals surface area contributed by atoms with E-state index in [1.807, 2.05) is 0 Å². The Balaban J connectivity index is 2.41. The van der Waals surface area contributed by atoms with E-state index in [-0.39, 0.29) is 11.6 Å². The molecule has 92 valence electrons. The van der Waals surface area contributed by atoms with Crippen molar-refractivity contribution in [2.45, 2.75) is 6.92 Å². The number of hydrogen-bond donors (Lipinski definition) is 1. The summed E-state index contributed by atoms with van der Waals surface area (Å²) in [5.74, 6) is -0.487. The lowest BCUT2D eigenvalue weighted by Gasteiger charge is -2.05. The number of carbonyl (C=O) groups is 1. The minimum Gasteiger partial charge on any atom is -0.398 e. The SMILES string of the molecule is Cc1cc(C(=O)c2ccc(Br)c(N)c2)ccc1F. The second kappa shape index (κ2) is 4.90. The number of carbonyl (C=O) groups excluding carboxylic acids is 1. The molecule has 0 heterocycles. The summed E-state index contributed by atoms with van der Waals surface area (Å²) >= 11 is 3.27. The first-order chi connectivity index (χ1) is 8.49. The molecule has 4 heteroatoms. The molecule has 2 nitrogen and oxygen atoms in total. The van der Waals surface area contributed by atoms with Crippen LogP contribution in [0.3, 0.4) is 0 Å². The van der Waals surface area contributed by atoms with Crippen LogP contribution in [-0.2, 0) is 0 Å². The van der Waals surface area contributed by atoms with E-state index in [1.165, 1.54) is 18.2 Å². The Morgan fingerprint density at radius 2 is 1.78 bits per heavy atom. The molecule has 0 atom stereocenters. The van der Waals surface area contributed by atoms with Crippen LogP contribution in [0.5, 0.6) is 0 Å². The summed E-state index contributed by atoms with van der Waals surface area (Å²) in [6.07, 6.45) is 0. The number of aryl methyl sites for hydroxylation is 1. The molecule has 2 rings (SSSR count). The van der Waals surface area contributed by atoms with Gasteiger partial charge in [0.2, 0.25) is 0 Å². The molecule has 2 N–H and O–H groups in total. The van der Waals surface area contributed by atoms with Gasteiger partial charge in [0.05, 0.1) is 0 Å². The van der Waals surface area contributed by atoms with Crippen molar-refractivity contribution in [1.29, 1.82) is 0 Å². The van der Waals surface area contributed by atoms with E-state index in [9.17, 15) is 9.18 Å². The minimum absolute atomic E-state index is 0.169. The Morgan fingerprint density at radius 1 is 1.17 bits per heavy atom. The zero-order chi connectivity index (χ0) is 13.3. The molecule has 0 aliphatic heterocycles. The number of halogens is 2. The van der Waals surface area contributed by atoms with Gasteiger partial charge in [-0.05, 0) is 64.8 Å². The summed E-state index contributed by atoms with van der Waals surface area (Å²) in [6, 6.07) is 9.31. The average molecular weight is 308 g/mol. The molecule has 0 saturated carbocycles. The molecular weight excluding hydrogens is 297 g/mol. The molecule has 18 heavy (non-hydrogen) atoms. The Morgan fingerprint density at radius 3 is 2.39 bits per heavy atom. The standard InChI is InChI=1S/C14H11BrFNO/c1-8-6-9(3-5-12(8)16)14(18)10-2-4-11(15)13(17)7-10/h2-7H,17H2,1H3. The minimum atomic E-state index is -0.318. The summed E-state index contributed by atoms with van der Waals surface area (Å²) in [5.41, 5.74) is 7.62. The third-order valence-corrected chi connectivity index (χ3v) is 3.40. The fourth-order valence-electron chi connectivity index (χ4n) is 1.64. The summed E-state index contributed by atoms with van der Waals surface area (Å²) in [7, 11) is 0. The first-order valence-electron chi connectivity index (χ1n) is 5.35. The third kappa shape index (κ3) is 2.43. The second-order valence-corrected chi connectivity index (χ2v) is 4.88. The maximum Gasteiger partial charge on any atom is 0.193 e. The van der Waals surface area contributed by atoms with E-state index in [0.29, 0.717) is 22.4 Å². The molecule has 0 aliphatic carbocycles. The maximum atomic E-state index is 13.1. The first-order valence-corrected chi connectivity index (χ1v) is 6.14. The van der Waals surface area contributed by atoms with Crippen LogP contribution in [0, 0.1) is 12.7 Å². The summed E-state index contributed by atoms with van der Waals surface area (Å²) in [6.45, 7) is 1.63. The van der Waals surface area contributed by atoms with Gasteiger partial charge in [-0.25, -0.2) is 4.39 Å². The van der Waals surface area contributed by atoms with Crippen LogP contribution in [-0.4, -0.2) is 5.78 Å². The Hall–Kier alpha value is -1.68. The van der Waals surface area contributed by atoms with Gasteiger partial charge in [0.15, 0.2) is 5.78 Å². The molecule has 0 unspecified atom stereocenters. The summed E-state index contributed by atoms with van der Waals surface area (Å²) in [4.78, 5) is 12.2. The lowest BCUT2D eigenvalue weighted by Crippen LogP contribution is -2.03. The first kappa shape index (κ1) is 12.8. The van der Waals surface area contributed by atoms with Gasteiger partial charge < -0.3 is 5.73 Å². The zero-order valence-electron chi connectivity index (χ0n) is 9.71. The largest absolute Gasteiger partial charge is 0.398 e. The monoisotopic (exact) mass is 307 g/mol. The number of rotatable bonds is 2. The van der Waals surface area contributed by atoms with Gasteiger partial charge in [-0.15, -0.1) is 0 Å². The summed E-state index contributed by atoms with van der Waals surface area (Å²) in [5, 5.41) is 0. The van der Waals surface area contributed by atoms with E-state index in [0.717, 1.165) is 4.47 Å². The highest BCUT2D eigenvalue weighted by Crippen LogP contribution is 2.22. The van der Waals surface area contributed by atoms with Crippen molar-refractivity contribution in [2.75, 3.05) is 5.73 Å². The van der Waals surface area contributed by atoms with Crippen molar-refractivity contribution < 1.29 is 9.18 Å². The second-order valence-electron chi connectivity index (χ2n) is 4.03. The van der Waals surface area contributed by atoms with Crippen LogP contribution in [0.25, 0.3) is 0 Å². The van der Waals surface area contributed by atoms with Gasteiger partial charge in [-0.2, -0.15) is 0 Å². The number of nitrogens with two attached hydrogens (primary N) is 1. The van der Waals surface area contributed by atoms with Crippen molar-refractivity contribution in [3.05, 3.63) is 63.4 Å². The topological polar surface area (TPSA) is 43.1 Å². The number of nitrogen functional groups attached to an aromatic ring is 1. The van der Waals surface area contributed by atoms with E-state index in [2.05, 4.69) is 15.9 Å². The Kier molecular flexibility index (Phi) is 3.48. The lowest BCUT2D eigenvalue weighted by atomic mass is 10.0. The van der Waals surface area contributed by atoms with Crippen molar-refractivity contribution >= 4 is 27.4 Å². The van der Waals surface area contributed by atoms with E-state index < -0.39 is 0 Å². The van der Waals surface area contributed by atoms with Crippen molar-refractivity contribution in [1.82, 2.24) is 0 Å². The highest BCUT2D eigenvalue weighted by atomic mass is 79.9. The number of hydrogen-bond acceptors (Lipinski definition) is 2. The molecule has 0 amide bonds. The van der Waals surface area contributed by atoms with Crippen molar-refractivity contribution in [2.24, 2.45) is 0 Å². The zero-order valence-corrected chi connectivity index (χ0v) is 11.3. The fraction of sp³-hybridized carbons (Fsp3) is 0.0714. The molecule has 2 aromatic carbocycles. The summed E-state index contributed by atoms with van der Waals surface area (Å²) < 4.78 is 13.9. The lowest BCUT2D eigenvalue weighted by molar-refractivity contribution is 0.103. The quantitative estimate of drug-likeness (QED) is 0.679. The van der Waals surface area contributed by atoms with Gasteiger partial charge >= 0.3 is 0 Å². The molecule has 0 saturated heterocycles. The molecule has 0 fully saturated rings. The number of ketones is 1. The molecule has 0 aromatic heterocycles. The molecular formula is C14H11BrFNO. The maximum absolute atomic E-state index is 13.1. The van der Waals surface area contributed by atoms with Crippen LogP contribution in [0.2, 0.25) is 0 Å². The molecule has 0 aliphatic rings. The van der Waals surface area contributed by atoms with Crippen molar-refractivity contribution in [3.63, 3.8) is 0 Å². The van der Waals surface area contributed by atoms with Gasteiger partial charge in [-0.3, -0.25) is 4.79 Å². The number of benzene rings is 2. The Bertz CT molecular complexity index is 572. The smallest absolute Gasteiger partial charge is 0.193 e. The number of anilines is 1.